The molecule has 1 atom stereocenters. The third kappa shape index (κ3) is 1.81. The van der Waals surface area contributed by atoms with Gasteiger partial charge in [0, 0.05) is 32.1 Å². The second-order valence-corrected chi connectivity index (χ2v) is 4.80. The lowest BCUT2D eigenvalue weighted by Crippen LogP contribution is -2.57. The number of para-hydroxylation sites is 1. The molecule has 16 heavy (non-hydrogen) atoms. The zero-order valence-corrected chi connectivity index (χ0v) is 9.65. The van der Waals surface area contributed by atoms with Crippen molar-refractivity contribution in [2.75, 3.05) is 26.7 Å². The molecule has 0 amide bonds. The van der Waals surface area contributed by atoms with Crippen LogP contribution in [0, 0.1) is 0 Å². The second-order valence-electron chi connectivity index (χ2n) is 4.80. The molecule has 1 fully saturated rings. The van der Waals surface area contributed by atoms with Crippen LogP contribution in [0.4, 0.5) is 0 Å². The molecule has 1 aromatic carbocycles. The molecule has 1 N–H and O–H groups in total. The van der Waals surface area contributed by atoms with Crippen molar-refractivity contribution < 1.29 is 4.74 Å². The Morgan fingerprint density at radius 1 is 1.38 bits per heavy atom. The highest BCUT2D eigenvalue weighted by molar-refractivity contribution is 5.37. The van der Waals surface area contributed by atoms with Gasteiger partial charge in [0.1, 0.15) is 11.9 Å². The van der Waals surface area contributed by atoms with Gasteiger partial charge < -0.3 is 10.1 Å². The van der Waals surface area contributed by atoms with E-state index in [9.17, 15) is 0 Å². The Bertz CT molecular complexity index is 351. The van der Waals surface area contributed by atoms with Crippen LogP contribution < -0.4 is 10.1 Å². The molecule has 1 aromatic rings. The molecule has 0 aliphatic carbocycles. The number of nitrogens with one attached hydrogen (secondary N) is 1. The highest BCUT2D eigenvalue weighted by atomic mass is 16.5. The Kier molecular flexibility index (Phi) is 2.58. The van der Waals surface area contributed by atoms with E-state index in [-0.39, 0.29) is 0 Å². The maximum atomic E-state index is 5.93. The first kappa shape index (κ1) is 10.1. The van der Waals surface area contributed by atoms with Gasteiger partial charge in [-0.2, -0.15) is 0 Å². The van der Waals surface area contributed by atoms with E-state index >= 15 is 0 Å². The summed E-state index contributed by atoms with van der Waals surface area (Å²) in [6, 6.07) is 9.07. The Morgan fingerprint density at radius 2 is 2.19 bits per heavy atom. The van der Waals surface area contributed by atoms with Crippen LogP contribution in [0.3, 0.4) is 0 Å². The monoisotopic (exact) mass is 218 g/mol. The van der Waals surface area contributed by atoms with Crippen molar-refractivity contribution in [2.24, 2.45) is 0 Å². The fraction of sp³-hybridized carbons (Fsp3) is 0.538. The number of rotatable bonds is 3. The van der Waals surface area contributed by atoms with Gasteiger partial charge in [-0.05, 0) is 18.7 Å². The lowest BCUT2D eigenvalue weighted by atomic mass is 10.1. The fourth-order valence-electron chi connectivity index (χ4n) is 2.41. The molecule has 3 rings (SSSR count). The van der Waals surface area contributed by atoms with Crippen molar-refractivity contribution in [2.45, 2.75) is 18.6 Å². The van der Waals surface area contributed by atoms with Crippen molar-refractivity contribution >= 4 is 0 Å². The minimum absolute atomic E-state index is 0.336. The molecule has 3 nitrogen and oxygen atoms in total. The first-order valence-electron chi connectivity index (χ1n) is 5.98. The van der Waals surface area contributed by atoms with Gasteiger partial charge in [0.25, 0.3) is 0 Å². The van der Waals surface area contributed by atoms with Gasteiger partial charge in [0.15, 0.2) is 0 Å². The van der Waals surface area contributed by atoms with Crippen molar-refractivity contribution in [3.8, 4) is 5.75 Å². The molecule has 0 bridgehead atoms. The molecule has 2 aliphatic heterocycles. The Hall–Kier alpha value is -1.06. The molecular formula is C13H18N2O. The summed E-state index contributed by atoms with van der Waals surface area (Å²) in [5.41, 5.74) is 1.35. The number of fused-ring (bicyclic) bond motifs is 1. The van der Waals surface area contributed by atoms with Crippen LogP contribution in [0.25, 0.3) is 0 Å². The molecule has 3 heteroatoms. The van der Waals surface area contributed by atoms with Crippen LogP contribution in [0.2, 0.25) is 0 Å². The summed E-state index contributed by atoms with van der Waals surface area (Å²) in [6.07, 6.45) is 1.39. The molecule has 0 radical (unpaired) electrons. The van der Waals surface area contributed by atoms with Crippen LogP contribution in [-0.4, -0.2) is 43.7 Å². The summed E-state index contributed by atoms with van der Waals surface area (Å²) >= 11 is 0. The number of nitrogens with zero attached hydrogens (tertiary/aromatic N) is 1. The second kappa shape index (κ2) is 4.07. The van der Waals surface area contributed by atoms with Gasteiger partial charge in [0.2, 0.25) is 0 Å². The molecule has 2 heterocycles. The fourth-order valence-corrected chi connectivity index (χ4v) is 2.41. The molecule has 0 spiro atoms. The first-order chi connectivity index (χ1) is 7.83. The van der Waals surface area contributed by atoms with Crippen molar-refractivity contribution in [1.29, 1.82) is 0 Å². The van der Waals surface area contributed by atoms with E-state index in [2.05, 4.69) is 35.5 Å². The summed E-state index contributed by atoms with van der Waals surface area (Å²) in [4.78, 5) is 2.41. The highest BCUT2D eigenvalue weighted by Gasteiger charge is 2.28. The standard InChI is InChI=1S/C13H18N2O/c1-15(11-7-14-8-11)9-12-6-10-4-2-3-5-13(10)16-12/h2-5,11-12,14H,6-9H2,1H3. The summed E-state index contributed by atoms with van der Waals surface area (Å²) < 4.78 is 5.93. The van der Waals surface area contributed by atoms with E-state index in [4.69, 9.17) is 4.74 Å². The van der Waals surface area contributed by atoms with Gasteiger partial charge in [-0.1, -0.05) is 18.2 Å². The largest absolute Gasteiger partial charge is 0.488 e. The minimum atomic E-state index is 0.336. The lowest BCUT2D eigenvalue weighted by molar-refractivity contribution is 0.113. The van der Waals surface area contributed by atoms with E-state index in [0.29, 0.717) is 12.1 Å². The maximum Gasteiger partial charge on any atom is 0.123 e. The average molecular weight is 218 g/mol. The summed E-state index contributed by atoms with van der Waals surface area (Å²) in [7, 11) is 2.19. The highest BCUT2D eigenvalue weighted by Crippen LogP contribution is 2.28. The smallest absolute Gasteiger partial charge is 0.123 e. The zero-order chi connectivity index (χ0) is 11.0. The average Bonchev–Trinajstić information content (AvgIpc) is 2.56. The maximum absolute atomic E-state index is 5.93. The minimum Gasteiger partial charge on any atom is -0.488 e. The molecule has 86 valence electrons. The van der Waals surface area contributed by atoms with Crippen LogP contribution in [-0.2, 0) is 6.42 Å². The topological polar surface area (TPSA) is 24.5 Å². The first-order valence-corrected chi connectivity index (χ1v) is 5.98. The third-order valence-corrected chi connectivity index (χ3v) is 3.59. The summed E-state index contributed by atoms with van der Waals surface area (Å²) in [6.45, 7) is 3.27. The normalized spacial score (nSPS) is 24.0. The quantitative estimate of drug-likeness (QED) is 0.815. The summed E-state index contributed by atoms with van der Waals surface area (Å²) in [5, 5.41) is 3.30. The number of likely N-dealkylation sites (N-methyl/N-ethyl adjacent to an activating group) is 1. The molecule has 0 aromatic heterocycles. The number of hydrogen-bond acceptors (Lipinski definition) is 3. The van der Waals surface area contributed by atoms with Crippen LogP contribution in [0.1, 0.15) is 5.56 Å². The van der Waals surface area contributed by atoms with Crippen LogP contribution >= 0.6 is 0 Å². The number of ether oxygens (including phenoxy) is 1. The van der Waals surface area contributed by atoms with Gasteiger partial charge in [-0.25, -0.2) is 0 Å². The van der Waals surface area contributed by atoms with Crippen molar-refractivity contribution in [3.63, 3.8) is 0 Å². The van der Waals surface area contributed by atoms with Gasteiger partial charge in [0.05, 0.1) is 0 Å². The van der Waals surface area contributed by atoms with Crippen molar-refractivity contribution in [3.05, 3.63) is 29.8 Å². The predicted molar refractivity (Wildman–Crippen MR) is 63.8 cm³/mol. The van der Waals surface area contributed by atoms with Crippen LogP contribution in [0.5, 0.6) is 5.75 Å². The predicted octanol–water partition coefficient (Wildman–Crippen LogP) is 0.894. The Balaban J connectivity index is 1.59. The Labute approximate surface area is 96.4 Å². The molecule has 0 saturated carbocycles. The molecular weight excluding hydrogens is 200 g/mol. The molecule has 1 saturated heterocycles. The zero-order valence-electron chi connectivity index (χ0n) is 9.65. The SMILES string of the molecule is CN(CC1Cc2ccccc2O1)C1CNC1. The Morgan fingerprint density at radius 3 is 2.88 bits per heavy atom. The third-order valence-electron chi connectivity index (χ3n) is 3.59. The van der Waals surface area contributed by atoms with Gasteiger partial charge >= 0.3 is 0 Å². The van der Waals surface area contributed by atoms with Crippen molar-refractivity contribution in [1.82, 2.24) is 10.2 Å². The lowest BCUT2D eigenvalue weighted by Gasteiger charge is -2.36. The van der Waals surface area contributed by atoms with E-state index < -0.39 is 0 Å². The van der Waals surface area contributed by atoms with Gasteiger partial charge in [-0.15, -0.1) is 0 Å². The molecule has 1 unspecified atom stereocenters. The van der Waals surface area contributed by atoms with E-state index in [0.717, 1.165) is 31.8 Å². The number of benzene rings is 1. The van der Waals surface area contributed by atoms with E-state index in [1.54, 1.807) is 0 Å². The van der Waals surface area contributed by atoms with Gasteiger partial charge in [-0.3, -0.25) is 4.90 Å². The van der Waals surface area contributed by atoms with E-state index in [1.165, 1.54) is 5.56 Å². The van der Waals surface area contributed by atoms with Crippen LogP contribution in [0.15, 0.2) is 24.3 Å². The van der Waals surface area contributed by atoms with E-state index in [1.807, 2.05) is 6.07 Å². The summed E-state index contributed by atoms with van der Waals surface area (Å²) in [5.74, 6) is 1.08. The number of hydrogen-bond donors (Lipinski definition) is 1. The molecule has 2 aliphatic rings.